The molecule has 0 aliphatic carbocycles. The van der Waals surface area contributed by atoms with Crippen LogP contribution in [0.2, 0.25) is 0 Å². The molecule has 0 bridgehead atoms. The van der Waals surface area contributed by atoms with E-state index >= 15 is 0 Å². The fourth-order valence-corrected chi connectivity index (χ4v) is 1.73. The zero-order chi connectivity index (χ0) is 10.7. The quantitative estimate of drug-likeness (QED) is 0.752. The fraction of sp³-hybridized carbons (Fsp3) is 0.455. The maximum atomic E-state index is 8.94. The molecule has 4 heteroatoms. The molecule has 0 radical (unpaired) electrons. The van der Waals surface area contributed by atoms with Crippen molar-refractivity contribution in [2.45, 2.75) is 19.4 Å². The third kappa shape index (κ3) is 2.25. The van der Waals surface area contributed by atoms with Crippen LogP contribution in [0.15, 0.2) is 12.1 Å². The smallest absolute Gasteiger partial charge is 0.144 e. The van der Waals surface area contributed by atoms with E-state index in [0.29, 0.717) is 17.4 Å². The molecule has 0 saturated carbocycles. The van der Waals surface area contributed by atoms with Crippen molar-refractivity contribution < 1.29 is 0 Å². The lowest BCUT2D eigenvalue weighted by Gasteiger charge is -2.13. The average molecular weight is 202 g/mol. The minimum atomic E-state index is 0.395. The van der Waals surface area contributed by atoms with Gasteiger partial charge in [0.25, 0.3) is 0 Å². The van der Waals surface area contributed by atoms with Crippen LogP contribution in [-0.2, 0) is 0 Å². The van der Waals surface area contributed by atoms with Crippen LogP contribution in [-0.4, -0.2) is 24.1 Å². The van der Waals surface area contributed by atoms with Crippen LogP contribution in [0.1, 0.15) is 17.7 Å². The maximum Gasteiger partial charge on any atom is 0.144 e. The molecule has 1 atom stereocenters. The molecule has 2 heterocycles. The van der Waals surface area contributed by atoms with Gasteiger partial charge in [0.2, 0.25) is 0 Å². The largest absolute Gasteiger partial charge is 0.365 e. The van der Waals surface area contributed by atoms with Crippen LogP contribution in [0.3, 0.4) is 0 Å². The fourth-order valence-electron chi connectivity index (χ4n) is 1.73. The van der Waals surface area contributed by atoms with Crippen LogP contribution >= 0.6 is 0 Å². The van der Waals surface area contributed by atoms with Gasteiger partial charge in [0.15, 0.2) is 0 Å². The van der Waals surface area contributed by atoms with Gasteiger partial charge in [-0.1, -0.05) is 0 Å². The second-order valence-corrected chi connectivity index (χ2v) is 3.79. The number of rotatable bonds is 2. The van der Waals surface area contributed by atoms with Crippen molar-refractivity contribution in [1.82, 2.24) is 10.3 Å². The molecule has 1 aromatic heterocycles. The highest BCUT2D eigenvalue weighted by atomic mass is 15.1. The molecule has 0 unspecified atom stereocenters. The molecule has 2 N–H and O–H groups in total. The monoisotopic (exact) mass is 202 g/mol. The summed E-state index contributed by atoms with van der Waals surface area (Å²) in [5, 5.41) is 15.5. The van der Waals surface area contributed by atoms with Gasteiger partial charge in [-0.15, -0.1) is 0 Å². The Morgan fingerprint density at radius 3 is 3.13 bits per heavy atom. The maximum absolute atomic E-state index is 8.94. The number of nitrogens with zero attached hydrogens (tertiary/aromatic N) is 2. The third-order valence-corrected chi connectivity index (χ3v) is 2.56. The summed E-state index contributed by atoms with van der Waals surface area (Å²) >= 11 is 0. The van der Waals surface area contributed by atoms with Gasteiger partial charge in [0.05, 0.1) is 5.56 Å². The Hall–Kier alpha value is -1.60. The van der Waals surface area contributed by atoms with E-state index in [1.165, 1.54) is 0 Å². The highest BCUT2D eigenvalue weighted by molar-refractivity contribution is 5.52. The summed E-state index contributed by atoms with van der Waals surface area (Å²) in [6.45, 7) is 3.91. The number of hydrogen-bond acceptors (Lipinski definition) is 4. The van der Waals surface area contributed by atoms with E-state index in [9.17, 15) is 0 Å². The lowest BCUT2D eigenvalue weighted by molar-refractivity contribution is 0.786. The molecule has 0 spiro atoms. The van der Waals surface area contributed by atoms with Crippen molar-refractivity contribution >= 4 is 5.82 Å². The zero-order valence-corrected chi connectivity index (χ0v) is 8.75. The molecule has 15 heavy (non-hydrogen) atoms. The summed E-state index contributed by atoms with van der Waals surface area (Å²) in [5.74, 6) is 0.714. The summed E-state index contributed by atoms with van der Waals surface area (Å²) in [6, 6.07) is 6.22. The summed E-state index contributed by atoms with van der Waals surface area (Å²) < 4.78 is 0. The van der Waals surface area contributed by atoms with E-state index in [0.717, 1.165) is 25.2 Å². The summed E-state index contributed by atoms with van der Waals surface area (Å²) in [4.78, 5) is 4.35. The number of nitriles is 1. The summed E-state index contributed by atoms with van der Waals surface area (Å²) in [6.07, 6.45) is 1.08. The lowest BCUT2D eigenvalue weighted by atomic mass is 10.2. The molecule has 1 saturated heterocycles. The van der Waals surface area contributed by atoms with E-state index in [1.807, 2.05) is 19.1 Å². The Bertz CT molecular complexity index is 388. The van der Waals surface area contributed by atoms with Crippen molar-refractivity contribution in [2.75, 3.05) is 18.4 Å². The van der Waals surface area contributed by atoms with Gasteiger partial charge in [-0.2, -0.15) is 5.26 Å². The molecule has 1 aliphatic heterocycles. The summed E-state index contributed by atoms with van der Waals surface area (Å²) in [5.41, 5.74) is 1.55. The molecular formula is C11H14N4. The minimum Gasteiger partial charge on any atom is -0.365 e. The van der Waals surface area contributed by atoms with Crippen molar-refractivity contribution in [3.05, 3.63) is 23.4 Å². The van der Waals surface area contributed by atoms with Gasteiger partial charge in [-0.25, -0.2) is 4.98 Å². The van der Waals surface area contributed by atoms with Crippen LogP contribution < -0.4 is 10.6 Å². The van der Waals surface area contributed by atoms with Crippen LogP contribution in [0, 0.1) is 18.3 Å². The van der Waals surface area contributed by atoms with Gasteiger partial charge in [-0.05, 0) is 32.0 Å². The molecule has 78 valence electrons. The molecule has 2 rings (SSSR count). The predicted molar refractivity (Wildman–Crippen MR) is 58.6 cm³/mol. The van der Waals surface area contributed by atoms with Crippen molar-refractivity contribution in [2.24, 2.45) is 0 Å². The second kappa shape index (κ2) is 4.28. The Morgan fingerprint density at radius 1 is 1.60 bits per heavy atom. The van der Waals surface area contributed by atoms with Crippen molar-refractivity contribution in [3.8, 4) is 6.07 Å². The first-order valence-electron chi connectivity index (χ1n) is 5.14. The van der Waals surface area contributed by atoms with E-state index in [-0.39, 0.29) is 0 Å². The molecular weight excluding hydrogens is 188 g/mol. The first-order valence-corrected chi connectivity index (χ1v) is 5.14. The molecule has 0 amide bonds. The van der Waals surface area contributed by atoms with Crippen molar-refractivity contribution in [1.29, 1.82) is 5.26 Å². The van der Waals surface area contributed by atoms with Crippen LogP contribution in [0.4, 0.5) is 5.82 Å². The molecule has 0 aromatic carbocycles. The number of pyridine rings is 1. The zero-order valence-electron chi connectivity index (χ0n) is 8.75. The predicted octanol–water partition coefficient (Wildman–Crippen LogP) is 1.04. The van der Waals surface area contributed by atoms with E-state index in [2.05, 4.69) is 21.7 Å². The molecule has 1 aromatic rings. The topological polar surface area (TPSA) is 60.7 Å². The first kappa shape index (κ1) is 9.94. The second-order valence-electron chi connectivity index (χ2n) is 3.79. The number of hydrogen-bond donors (Lipinski definition) is 2. The van der Waals surface area contributed by atoms with E-state index < -0.39 is 0 Å². The van der Waals surface area contributed by atoms with Gasteiger partial charge in [0, 0.05) is 18.3 Å². The van der Waals surface area contributed by atoms with Crippen LogP contribution in [0.5, 0.6) is 0 Å². The number of nitrogens with one attached hydrogen (secondary N) is 2. The summed E-state index contributed by atoms with van der Waals surface area (Å²) in [7, 11) is 0. The van der Waals surface area contributed by atoms with Gasteiger partial charge < -0.3 is 10.6 Å². The molecule has 4 nitrogen and oxygen atoms in total. The standard InChI is InChI=1S/C11H14N4/c1-8-2-3-9(6-12)11(14-8)15-10-4-5-13-7-10/h2-3,10,13H,4-5,7H2,1H3,(H,14,15)/t10-/m1/s1. The van der Waals surface area contributed by atoms with E-state index in [1.54, 1.807) is 0 Å². The molecule has 1 fully saturated rings. The number of anilines is 1. The number of aromatic nitrogens is 1. The Kier molecular flexibility index (Phi) is 2.84. The molecule has 1 aliphatic rings. The van der Waals surface area contributed by atoms with E-state index in [4.69, 9.17) is 5.26 Å². The highest BCUT2D eigenvalue weighted by Gasteiger charge is 2.15. The minimum absolute atomic E-state index is 0.395. The third-order valence-electron chi connectivity index (χ3n) is 2.56. The Morgan fingerprint density at radius 2 is 2.47 bits per heavy atom. The van der Waals surface area contributed by atoms with Gasteiger partial charge in [-0.3, -0.25) is 0 Å². The highest BCUT2D eigenvalue weighted by Crippen LogP contribution is 2.15. The normalized spacial score (nSPS) is 19.9. The number of aryl methyl sites for hydroxylation is 1. The van der Waals surface area contributed by atoms with Gasteiger partial charge in [0.1, 0.15) is 11.9 Å². The van der Waals surface area contributed by atoms with Crippen LogP contribution in [0.25, 0.3) is 0 Å². The lowest BCUT2D eigenvalue weighted by Crippen LogP contribution is -2.23. The SMILES string of the molecule is Cc1ccc(C#N)c(N[C@@H]2CCNC2)n1. The van der Waals surface area contributed by atoms with Gasteiger partial charge >= 0.3 is 0 Å². The average Bonchev–Trinajstić information content (AvgIpc) is 2.71. The Labute approximate surface area is 89.3 Å². The van der Waals surface area contributed by atoms with Crippen molar-refractivity contribution in [3.63, 3.8) is 0 Å². The first-order chi connectivity index (χ1) is 7.29. The Balaban J connectivity index is 2.18.